The van der Waals surface area contributed by atoms with E-state index in [1.165, 1.54) is 6.92 Å². The summed E-state index contributed by atoms with van der Waals surface area (Å²) in [6.07, 6.45) is 1.01. The first-order valence-electron chi connectivity index (χ1n) is 12.1. The normalized spacial score (nSPS) is 17.6. The number of carbonyl (C=O) groups excluding carboxylic acids is 2. The second-order valence-electron chi connectivity index (χ2n) is 7.94. The Morgan fingerprint density at radius 3 is 1.50 bits per heavy atom. The van der Waals surface area contributed by atoms with E-state index in [1.807, 2.05) is 18.7 Å². The Labute approximate surface area is 213 Å². The van der Waals surface area contributed by atoms with Crippen LogP contribution in [-0.2, 0) is 24.0 Å². The predicted octanol–water partition coefficient (Wildman–Crippen LogP) is -0.967. The molecule has 1 fully saturated rings. The summed E-state index contributed by atoms with van der Waals surface area (Å²) >= 11 is 0. The first-order valence-corrected chi connectivity index (χ1v) is 12.1. The molecule has 0 radical (unpaired) electrons. The number of Topliss-reactive ketones (excluding diaryl/α,β-unsaturated/α-hetero) is 1. The van der Waals surface area contributed by atoms with Crippen LogP contribution in [0.5, 0.6) is 0 Å². The molecule has 1 saturated heterocycles. The fourth-order valence-electron chi connectivity index (χ4n) is 3.65. The summed E-state index contributed by atoms with van der Waals surface area (Å²) in [7, 11) is 1.00. The summed E-state index contributed by atoms with van der Waals surface area (Å²) in [6, 6.07) is -0.907. The van der Waals surface area contributed by atoms with Crippen LogP contribution in [0.4, 0.5) is 0 Å². The number of hydrogen-bond donors (Lipinski definition) is 4. The maximum Gasteiger partial charge on any atom is 0.320 e. The van der Waals surface area contributed by atoms with Crippen LogP contribution >= 0.6 is 0 Å². The zero-order chi connectivity index (χ0) is 28.1. The van der Waals surface area contributed by atoms with Crippen LogP contribution in [0.2, 0.25) is 0 Å². The highest BCUT2D eigenvalue weighted by atomic mass is 16.4. The van der Waals surface area contributed by atoms with E-state index in [4.69, 9.17) is 10.2 Å². The Morgan fingerprint density at radius 1 is 0.750 bits per heavy atom. The molecule has 1 aliphatic heterocycles. The minimum Gasteiger partial charge on any atom is -0.480 e. The fraction of sp³-hybridized carbons (Fsp3) is 0.783. The molecule has 210 valence electrons. The number of carboxylic acid groups (broad SMARTS) is 3. The summed E-state index contributed by atoms with van der Waals surface area (Å²) in [6.45, 7) is 7.69. The molecule has 0 aromatic rings. The minimum atomic E-state index is -1.06. The maximum atomic E-state index is 11.9. The zero-order valence-electron chi connectivity index (χ0n) is 22.0. The van der Waals surface area contributed by atoms with Crippen LogP contribution in [0, 0.1) is 0 Å². The van der Waals surface area contributed by atoms with Gasteiger partial charge in [0.1, 0.15) is 18.1 Å². The molecule has 0 saturated carbocycles. The fourth-order valence-corrected chi connectivity index (χ4v) is 3.65. The molecule has 0 aromatic carbocycles. The van der Waals surface area contributed by atoms with Crippen LogP contribution < -0.4 is 0 Å². The smallest absolute Gasteiger partial charge is 0.320 e. The molecule has 0 spiro atoms. The zero-order valence-corrected chi connectivity index (χ0v) is 22.0. The van der Waals surface area contributed by atoms with Gasteiger partial charge in [0, 0.05) is 65.9 Å². The molecule has 4 N–H and O–H groups in total. The Balaban J connectivity index is 0. The monoisotopic (exact) mass is 520 g/mol. The van der Waals surface area contributed by atoms with Crippen molar-refractivity contribution in [3.63, 3.8) is 0 Å². The van der Waals surface area contributed by atoms with Crippen LogP contribution in [0.25, 0.3) is 0 Å². The van der Waals surface area contributed by atoms with Gasteiger partial charge in [-0.25, -0.2) is 0 Å². The quantitative estimate of drug-likeness (QED) is 0.245. The number of aliphatic carboxylic acids is 3. The molecule has 13 nitrogen and oxygen atoms in total. The first-order chi connectivity index (χ1) is 17.1. The number of aliphatic hydroxyl groups excluding tert-OH is 1. The van der Waals surface area contributed by atoms with Crippen molar-refractivity contribution >= 4 is 30.0 Å². The van der Waals surface area contributed by atoms with E-state index < -0.39 is 23.9 Å². The number of aliphatic hydroxyl groups is 1. The van der Waals surface area contributed by atoms with Crippen LogP contribution in [-0.4, -0.2) is 155 Å². The third kappa shape index (κ3) is 17.1. The summed E-state index contributed by atoms with van der Waals surface area (Å²) in [5.74, 6) is -3.20. The Kier molecular flexibility index (Phi) is 21.6. The highest BCUT2D eigenvalue weighted by Crippen LogP contribution is 2.10. The molecule has 1 rings (SSSR count). The van der Waals surface area contributed by atoms with Crippen molar-refractivity contribution in [1.82, 2.24) is 19.6 Å². The summed E-state index contributed by atoms with van der Waals surface area (Å²) < 4.78 is 0. The average molecular weight is 521 g/mol. The van der Waals surface area contributed by atoms with E-state index in [9.17, 15) is 34.2 Å². The molecule has 1 heterocycles. The van der Waals surface area contributed by atoms with E-state index >= 15 is 0 Å². The number of ketones is 1. The maximum absolute atomic E-state index is 11.9. The summed E-state index contributed by atoms with van der Waals surface area (Å²) in [5, 5.41) is 35.1. The van der Waals surface area contributed by atoms with E-state index in [0.717, 1.165) is 13.4 Å². The van der Waals surface area contributed by atoms with E-state index in [-0.39, 0.29) is 51.3 Å². The molecule has 0 amide bonds. The first kappa shape index (κ1) is 35.7. The van der Waals surface area contributed by atoms with Crippen molar-refractivity contribution in [2.24, 2.45) is 0 Å². The van der Waals surface area contributed by atoms with Crippen LogP contribution in [0.15, 0.2) is 0 Å². The van der Waals surface area contributed by atoms with Crippen LogP contribution in [0.1, 0.15) is 33.6 Å². The number of rotatable bonds is 11. The Morgan fingerprint density at radius 2 is 1.14 bits per heavy atom. The lowest BCUT2D eigenvalue weighted by Gasteiger charge is -2.35. The van der Waals surface area contributed by atoms with Crippen molar-refractivity contribution in [3.05, 3.63) is 0 Å². The predicted molar refractivity (Wildman–Crippen MR) is 133 cm³/mol. The van der Waals surface area contributed by atoms with Gasteiger partial charge in [-0.1, -0.05) is 13.8 Å². The van der Waals surface area contributed by atoms with Crippen molar-refractivity contribution in [2.45, 2.75) is 39.7 Å². The van der Waals surface area contributed by atoms with Gasteiger partial charge < -0.3 is 30.0 Å². The molecule has 0 aromatic heterocycles. The lowest BCUT2D eigenvalue weighted by molar-refractivity contribution is -0.144. The molecule has 0 bridgehead atoms. The molecular formula is C23H44N4O9. The van der Waals surface area contributed by atoms with Crippen molar-refractivity contribution in [3.8, 4) is 0 Å². The van der Waals surface area contributed by atoms with Crippen LogP contribution in [0.3, 0.4) is 0 Å². The highest BCUT2D eigenvalue weighted by Gasteiger charge is 2.27. The van der Waals surface area contributed by atoms with Crippen molar-refractivity contribution < 1.29 is 44.4 Å². The number of carboxylic acids is 3. The lowest BCUT2D eigenvalue weighted by atomic mass is 10.1. The van der Waals surface area contributed by atoms with Gasteiger partial charge in [-0.2, -0.15) is 0 Å². The van der Waals surface area contributed by atoms with Gasteiger partial charge in [0.2, 0.25) is 0 Å². The largest absolute Gasteiger partial charge is 0.480 e. The van der Waals surface area contributed by atoms with E-state index in [1.54, 1.807) is 14.7 Å². The average Bonchev–Trinajstić information content (AvgIpc) is 2.82. The second kappa shape index (κ2) is 21.8. The topological polar surface area (TPSA) is 179 Å². The highest BCUT2D eigenvalue weighted by molar-refractivity contribution is 5.78. The van der Waals surface area contributed by atoms with Gasteiger partial charge in [-0.3, -0.25) is 34.0 Å². The Hall–Kier alpha value is -2.45. The summed E-state index contributed by atoms with van der Waals surface area (Å²) in [5.41, 5.74) is 0. The SMILES string of the molecule is CC.CC(=O)CCC(C(=O)O)N1CCN(CC=O)CCN(CC(=O)O)CCN(CC(=O)O)CC1.CO. The number of hydrogen-bond acceptors (Lipinski definition) is 10. The molecule has 1 atom stereocenters. The van der Waals surface area contributed by atoms with Crippen molar-refractivity contribution in [1.29, 1.82) is 0 Å². The minimum absolute atomic E-state index is 0.112. The van der Waals surface area contributed by atoms with Crippen molar-refractivity contribution in [2.75, 3.05) is 79.1 Å². The Bertz CT molecular complexity index is 663. The van der Waals surface area contributed by atoms with Gasteiger partial charge in [0.05, 0.1) is 19.6 Å². The van der Waals surface area contributed by atoms with Gasteiger partial charge in [0.15, 0.2) is 0 Å². The second-order valence-corrected chi connectivity index (χ2v) is 7.94. The molecule has 1 aliphatic rings. The van der Waals surface area contributed by atoms with Gasteiger partial charge in [0.25, 0.3) is 0 Å². The molecule has 1 unspecified atom stereocenters. The van der Waals surface area contributed by atoms with Gasteiger partial charge in [-0.15, -0.1) is 0 Å². The van der Waals surface area contributed by atoms with E-state index in [2.05, 4.69) is 0 Å². The number of nitrogens with zero attached hydrogens (tertiary/aromatic N) is 4. The molecule has 36 heavy (non-hydrogen) atoms. The number of carbonyl (C=O) groups is 5. The molecule has 13 heteroatoms. The third-order valence-corrected chi connectivity index (χ3v) is 5.42. The number of aldehydes is 1. The molecule has 0 aliphatic carbocycles. The third-order valence-electron chi connectivity index (χ3n) is 5.42. The standard InChI is InChI=1S/C20H34N4O8.C2H6.CH4O/c1-16(26)2-3-17(20(31)32)24-10-8-21(12-13-25)4-5-22(14-18(27)28)6-7-23(9-11-24)15-19(29)30;2*1-2/h13,17H,2-12,14-15H2,1H3,(H,27,28)(H,29,30)(H,31,32);1-2H3;2H,1H3. The molecular weight excluding hydrogens is 476 g/mol. The van der Waals surface area contributed by atoms with Gasteiger partial charge >= 0.3 is 17.9 Å². The van der Waals surface area contributed by atoms with E-state index in [0.29, 0.717) is 39.3 Å². The lowest BCUT2D eigenvalue weighted by Crippen LogP contribution is -2.51. The summed E-state index contributed by atoms with van der Waals surface area (Å²) in [4.78, 5) is 63.8. The van der Waals surface area contributed by atoms with Gasteiger partial charge in [-0.05, 0) is 13.3 Å².